The third kappa shape index (κ3) is 3.11. The van der Waals surface area contributed by atoms with Crippen molar-refractivity contribution in [3.8, 4) is 11.5 Å². The zero-order chi connectivity index (χ0) is 14.7. The number of fused-ring (bicyclic) bond motifs is 1. The van der Waals surface area contributed by atoms with Gasteiger partial charge in [-0.15, -0.1) is 0 Å². The summed E-state index contributed by atoms with van der Waals surface area (Å²) in [6.45, 7) is 2.54. The van der Waals surface area contributed by atoms with E-state index in [0.29, 0.717) is 23.1 Å². The molecular formula is C16H14ClNO3. The van der Waals surface area contributed by atoms with E-state index in [4.69, 9.17) is 25.9 Å². The van der Waals surface area contributed by atoms with E-state index in [-0.39, 0.29) is 6.79 Å². The minimum atomic E-state index is 0.199. The van der Waals surface area contributed by atoms with Crippen LogP contribution < -0.4 is 9.47 Å². The van der Waals surface area contributed by atoms with E-state index < -0.39 is 0 Å². The van der Waals surface area contributed by atoms with Gasteiger partial charge in [0.15, 0.2) is 11.5 Å². The SMILES string of the molecule is Cc1ccccc1/C=N/OCc1cc(Cl)c2c(c1)OCO2. The van der Waals surface area contributed by atoms with Crippen LogP contribution >= 0.6 is 11.6 Å². The lowest BCUT2D eigenvalue weighted by Gasteiger charge is -2.04. The molecule has 2 aromatic carbocycles. The Kier molecular flexibility index (Phi) is 3.97. The molecule has 0 saturated heterocycles. The third-order valence-corrected chi connectivity index (χ3v) is 3.45. The molecule has 0 radical (unpaired) electrons. The number of benzene rings is 2. The molecule has 5 heteroatoms. The molecule has 0 aliphatic carbocycles. The maximum absolute atomic E-state index is 6.11. The number of nitrogens with zero attached hydrogens (tertiary/aromatic N) is 1. The Bertz CT molecular complexity index is 685. The number of ether oxygens (including phenoxy) is 2. The van der Waals surface area contributed by atoms with Gasteiger partial charge in [-0.25, -0.2) is 0 Å². The van der Waals surface area contributed by atoms with E-state index in [1.54, 1.807) is 12.3 Å². The fourth-order valence-electron chi connectivity index (χ4n) is 2.04. The molecule has 4 nitrogen and oxygen atoms in total. The van der Waals surface area contributed by atoms with Gasteiger partial charge in [0.25, 0.3) is 0 Å². The molecule has 1 aliphatic heterocycles. The summed E-state index contributed by atoms with van der Waals surface area (Å²) in [4.78, 5) is 5.31. The van der Waals surface area contributed by atoms with E-state index >= 15 is 0 Å². The van der Waals surface area contributed by atoms with Crippen molar-refractivity contribution in [2.45, 2.75) is 13.5 Å². The highest BCUT2D eigenvalue weighted by Gasteiger charge is 2.18. The smallest absolute Gasteiger partial charge is 0.231 e. The van der Waals surface area contributed by atoms with Crippen molar-refractivity contribution in [3.63, 3.8) is 0 Å². The third-order valence-electron chi connectivity index (χ3n) is 3.17. The lowest BCUT2D eigenvalue weighted by Crippen LogP contribution is -1.93. The largest absolute Gasteiger partial charge is 0.454 e. The molecule has 0 N–H and O–H groups in total. The van der Waals surface area contributed by atoms with Crippen LogP contribution in [-0.4, -0.2) is 13.0 Å². The Morgan fingerprint density at radius 2 is 2.14 bits per heavy atom. The van der Waals surface area contributed by atoms with Crippen molar-refractivity contribution >= 4 is 17.8 Å². The topological polar surface area (TPSA) is 40.0 Å². The summed E-state index contributed by atoms with van der Waals surface area (Å²) in [6.07, 6.45) is 1.70. The van der Waals surface area contributed by atoms with Gasteiger partial charge in [0, 0.05) is 0 Å². The minimum absolute atomic E-state index is 0.199. The second kappa shape index (κ2) is 6.06. The van der Waals surface area contributed by atoms with Crippen LogP contribution in [0.25, 0.3) is 0 Å². The Balaban J connectivity index is 1.64. The molecule has 2 aromatic rings. The predicted molar refractivity (Wildman–Crippen MR) is 81.1 cm³/mol. The highest BCUT2D eigenvalue weighted by molar-refractivity contribution is 6.32. The second-order valence-electron chi connectivity index (χ2n) is 4.68. The fourth-order valence-corrected chi connectivity index (χ4v) is 2.33. The Morgan fingerprint density at radius 3 is 3.00 bits per heavy atom. The van der Waals surface area contributed by atoms with Crippen molar-refractivity contribution < 1.29 is 14.3 Å². The molecule has 0 bridgehead atoms. The molecule has 0 saturated carbocycles. The highest BCUT2D eigenvalue weighted by Crippen LogP contribution is 2.39. The predicted octanol–water partition coefficient (Wildman–Crippen LogP) is 3.93. The number of rotatable bonds is 4. The zero-order valence-electron chi connectivity index (χ0n) is 11.5. The van der Waals surface area contributed by atoms with Gasteiger partial charge in [-0.2, -0.15) is 0 Å². The summed E-state index contributed by atoms with van der Waals surface area (Å²) in [6, 6.07) is 11.6. The molecule has 0 unspecified atom stereocenters. The first-order chi connectivity index (χ1) is 10.2. The van der Waals surface area contributed by atoms with Crippen LogP contribution in [0, 0.1) is 6.92 Å². The van der Waals surface area contributed by atoms with Crippen molar-refractivity contribution in [1.82, 2.24) is 0 Å². The quantitative estimate of drug-likeness (QED) is 0.635. The molecule has 0 atom stereocenters. The van der Waals surface area contributed by atoms with Crippen LogP contribution in [-0.2, 0) is 11.4 Å². The Hall–Kier alpha value is -2.20. The van der Waals surface area contributed by atoms with E-state index in [1.165, 1.54) is 0 Å². The summed E-state index contributed by atoms with van der Waals surface area (Å²) in [5, 5.41) is 4.50. The first-order valence-electron chi connectivity index (χ1n) is 6.53. The first kappa shape index (κ1) is 13.8. The number of hydrogen-bond donors (Lipinski definition) is 0. The zero-order valence-corrected chi connectivity index (χ0v) is 12.3. The molecule has 0 amide bonds. The van der Waals surface area contributed by atoms with Gasteiger partial charge < -0.3 is 14.3 Å². The van der Waals surface area contributed by atoms with E-state index in [9.17, 15) is 0 Å². The van der Waals surface area contributed by atoms with Crippen molar-refractivity contribution in [1.29, 1.82) is 0 Å². The Labute approximate surface area is 127 Å². The van der Waals surface area contributed by atoms with E-state index in [0.717, 1.165) is 16.7 Å². The summed E-state index contributed by atoms with van der Waals surface area (Å²) in [5.41, 5.74) is 3.06. The number of halogens is 1. The summed E-state index contributed by atoms with van der Waals surface area (Å²) in [7, 11) is 0. The molecule has 1 heterocycles. The molecule has 0 spiro atoms. The van der Waals surface area contributed by atoms with Crippen molar-refractivity contribution in [2.24, 2.45) is 5.16 Å². The van der Waals surface area contributed by atoms with Gasteiger partial charge in [0.05, 0.1) is 11.2 Å². The maximum Gasteiger partial charge on any atom is 0.231 e. The maximum atomic E-state index is 6.11. The Morgan fingerprint density at radius 1 is 1.29 bits per heavy atom. The monoisotopic (exact) mass is 303 g/mol. The van der Waals surface area contributed by atoms with Crippen LogP contribution in [0.5, 0.6) is 11.5 Å². The molecule has 3 rings (SSSR count). The summed E-state index contributed by atoms with van der Waals surface area (Å²) >= 11 is 6.11. The number of hydrogen-bond acceptors (Lipinski definition) is 4. The fraction of sp³-hybridized carbons (Fsp3) is 0.188. The number of oxime groups is 1. The normalized spacial score (nSPS) is 12.9. The average molecular weight is 304 g/mol. The first-order valence-corrected chi connectivity index (χ1v) is 6.91. The molecule has 21 heavy (non-hydrogen) atoms. The molecular weight excluding hydrogens is 290 g/mol. The summed E-state index contributed by atoms with van der Waals surface area (Å²) < 4.78 is 10.6. The molecule has 108 valence electrons. The van der Waals surface area contributed by atoms with E-state index in [2.05, 4.69) is 5.16 Å². The van der Waals surface area contributed by atoms with Crippen LogP contribution in [0.3, 0.4) is 0 Å². The van der Waals surface area contributed by atoms with Crippen LogP contribution in [0.1, 0.15) is 16.7 Å². The molecule has 0 fully saturated rings. The molecule has 0 aromatic heterocycles. The van der Waals surface area contributed by atoms with E-state index in [1.807, 2.05) is 37.3 Å². The minimum Gasteiger partial charge on any atom is -0.454 e. The lowest BCUT2D eigenvalue weighted by molar-refractivity contribution is 0.132. The standard InChI is InChI=1S/C16H14ClNO3/c1-11-4-2-3-5-13(11)8-18-21-9-12-6-14(17)16-15(7-12)19-10-20-16/h2-8H,9-10H2,1H3/b18-8+. The van der Waals surface area contributed by atoms with Crippen LogP contribution in [0.2, 0.25) is 5.02 Å². The highest BCUT2D eigenvalue weighted by atomic mass is 35.5. The van der Waals surface area contributed by atoms with Gasteiger partial charge in [0.2, 0.25) is 6.79 Å². The summed E-state index contributed by atoms with van der Waals surface area (Å²) in [5.74, 6) is 1.23. The average Bonchev–Trinajstić information content (AvgIpc) is 2.94. The van der Waals surface area contributed by atoms with Gasteiger partial charge >= 0.3 is 0 Å². The van der Waals surface area contributed by atoms with Gasteiger partial charge in [-0.1, -0.05) is 41.0 Å². The molecule has 1 aliphatic rings. The van der Waals surface area contributed by atoms with Gasteiger partial charge in [-0.3, -0.25) is 0 Å². The van der Waals surface area contributed by atoms with Crippen molar-refractivity contribution in [3.05, 3.63) is 58.1 Å². The number of aryl methyl sites for hydroxylation is 1. The second-order valence-corrected chi connectivity index (χ2v) is 5.08. The van der Waals surface area contributed by atoms with Crippen LogP contribution in [0.15, 0.2) is 41.6 Å². The van der Waals surface area contributed by atoms with Gasteiger partial charge in [-0.05, 0) is 35.7 Å². The van der Waals surface area contributed by atoms with Crippen molar-refractivity contribution in [2.75, 3.05) is 6.79 Å². The lowest BCUT2D eigenvalue weighted by atomic mass is 10.1. The van der Waals surface area contributed by atoms with Crippen LogP contribution in [0.4, 0.5) is 0 Å². The van der Waals surface area contributed by atoms with Gasteiger partial charge in [0.1, 0.15) is 6.61 Å².